The number of hydrogen-bond donors (Lipinski definition) is 1. The zero-order chi connectivity index (χ0) is 21.4. The van der Waals surface area contributed by atoms with Gasteiger partial charge in [0, 0.05) is 11.6 Å². The quantitative estimate of drug-likeness (QED) is 0.518. The van der Waals surface area contributed by atoms with Crippen LogP contribution in [0.2, 0.25) is 0 Å². The van der Waals surface area contributed by atoms with Crippen molar-refractivity contribution in [2.24, 2.45) is 0 Å². The summed E-state index contributed by atoms with van der Waals surface area (Å²) in [6.07, 6.45) is 6.86. The van der Waals surface area contributed by atoms with E-state index < -0.39 is 6.10 Å². The van der Waals surface area contributed by atoms with Gasteiger partial charge in [-0.1, -0.05) is 43.2 Å². The first-order chi connectivity index (χ1) is 15.2. The van der Waals surface area contributed by atoms with Gasteiger partial charge in [0.05, 0.1) is 29.4 Å². The van der Waals surface area contributed by atoms with E-state index in [4.69, 9.17) is 5.26 Å². The Balaban J connectivity index is 1.68. The molecule has 0 aliphatic heterocycles. The van der Waals surface area contributed by atoms with Crippen molar-refractivity contribution < 1.29 is 5.11 Å². The van der Waals surface area contributed by atoms with Crippen molar-refractivity contribution in [3.63, 3.8) is 0 Å². The van der Waals surface area contributed by atoms with Crippen molar-refractivity contribution in [1.29, 1.82) is 5.26 Å². The van der Waals surface area contributed by atoms with E-state index in [1.807, 2.05) is 42.5 Å². The summed E-state index contributed by atoms with van der Waals surface area (Å²) in [5.41, 5.74) is 2.93. The molecule has 2 unspecified atom stereocenters. The molecule has 2 heterocycles. The first kappa shape index (κ1) is 19.4. The second kappa shape index (κ2) is 7.93. The van der Waals surface area contributed by atoms with Gasteiger partial charge in [-0.2, -0.15) is 5.26 Å². The summed E-state index contributed by atoms with van der Waals surface area (Å²) in [6.45, 7) is 0. The lowest BCUT2D eigenvalue weighted by atomic mass is 9.92. The van der Waals surface area contributed by atoms with Crippen LogP contribution in [0, 0.1) is 11.3 Å². The molecule has 4 aromatic rings. The maximum absolute atomic E-state index is 13.5. The number of aliphatic hydroxyl groups is 1. The van der Waals surface area contributed by atoms with Crippen molar-refractivity contribution >= 4 is 21.7 Å². The lowest BCUT2D eigenvalue weighted by Gasteiger charge is -2.29. The van der Waals surface area contributed by atoms with Crippen LogP contribution in [0.5, 0.6) is 0 Å². The highest BCUT2D eigenvalue weighted by Crippen LogP contribution is 2.30. The van der Waals surface area contributed by atoms with Crippen LogP contribution in [0.3, 0.4) is 0 Å². The van der Waals surface area contributed by atoms with Gasteiger partial charge in [-0.15, -0.1) is 0 Å². The summed E-state index contributed by atoms with van der Waals surface area (Å²) < 4.78 is 1.62. The molecule has 6 nitrogen and oxygen atoms in total. The standard InChI is InChI=1S/C25H22N4O2/c26-13-18-10-9-16(14-27-18)11-17-12-21-24(20-6-2-1-5-19(17)20)28-15-29(25(21)31)22-7-3-4-8-23(22)30/h1-2,5-6,9-10,12,14-15,22-23,30H,3-4,7-8,11H2. The number of nitrogens with zero attached hydrogens (tertiary/aromatic N) is 4. The maximum atomic E-state index is 13.5. The second-order valence-electron chi connectivity index (χ2n) is 8.19. The van der Waals surface area contributed by atoms with Gasteiger partial charge in [0.25, 0.3) is 5.56 Å². The molecule has 1 aliphatic carbocycles. The fraction of sp³-hybridized carbons (Fsp3) is 0.280. The van der Waals surface area contributed by atoms with Crippen LogP contribution >= 0.6 is 0 Å². The fourth-order valence-electron chi connectivity index (χ4n) is 4.66. The van der Waals surface area contributed by atoms with E-state index in [9.17, 15) is 9.90 Å². The van der Waals surface area contributed by atoms with Crippen molar-refractivity contribution in [2.45, 2.75) is 44.2 Å². The molecular weight excluding hydrogens is 388 g/mol. The summed E-state index contributed by atoms with van der Waals surface area (Å²) >= 11 is 0. The van der Waals surface area contributed by atoms with Crippen LogP contribution in [0.25, 0.3) is 21.7 Å². The highest BCUT2D eigenvalue weighted by atomic mass is 16.3. The van der Waals surface area contributed by atoms with Crippen LogP contribution in [0.15, 0.2) is 59.8 Å². The Kier molecular flexibility index (Phi) is 4.97. The first-order valence-corrected chi connectivity index (χ1v) is 10.6. The molecule has 1 aliphatic rings. The van der Waals surface area contributed by atoms with E-state index in [0.717, 1.165) is 41.2 Å². The SMILES string of the molecule is N#Cc1ccc(Cc2cc3c(=O)n(C4CCCCC4O)cnc3c3ccccc23)cn1. The van der Waals surface area contributed by atoms with Crippen molar-refractivity contribution in [3.8, 4) is 6.07 Å². The molecule has 5 rings (SSSR count). The van der Waals surface area contributed by atoms with Gasteiger partial charge in [-0.3, -0.25) is 9.36 Å². The minimum atomic E-state index is -0.518. The van der Waals surface area contributed by atoms with Crippen molar-refractivity contribution in [1.82, 2.24) is 14.5 Å². The third-order valence-corrected chi connectivity index (χ3v) is 6.26. The Hall–Kier alpha value is -3.56. The van der Waals surface area contributed by atoms with Gasteiger partial charge in [-0.05, 0) is 47.9 Å². The minimum absolute atomic E-state index is 0.110. The number of pyridine rings is 1. The number of hydrogen-bond acceptors (Lipinski definition) is 5. The number of aromatic nitrogens is 3. The predicted molar refractivity (Wildman–Crippen MR) is 119 cm³/mol. The Morgan fingerprint density at radius 3 is 2.61 bits per heavy atom. The zero-order valence-electron chi connectivity index (χ0n) is 17.0. The molecule has 31 heavy (non-hydrogen) atoms. The molecule has 0 radical (unpaired) electrons. The Bertz CT molecular complexity index is 1370. The van der Waals surface area contributed by atoms with E-state index in [0.29, 0.717) is 29.4 Å². The number of aliphatic hydroxyl groups excluding tert-OH is 1. The zero-order valence-corrected chi connectivity index (χ0v) is 17.0. The third-order valence-electron chi connectivity index (χ3n) is 6.26. The molecular formula is C25H22N4O2. The molecule has 0 bridgehead atoms. The number of fused-ring (bicyclic) bond motifs is 3. The van der Waals surface area contributed by atoms with Gasteiger partial charge in [0.15, 0.2) is 0 Å². The van der Waals surface area contributed by atoms with Crippen LogP contribution in [-0.2, 0) is 6.42 Å². The molecule has 1 fully saturated rings. The lowest BCUT2D eigenvalue weighted by Crippen LogP contribution is -2.34. The largest absolute Gasteiger partial charge is 0.391 e. The van der Waals surface area contributed by atoms with Gasteiger partial charge in [0.2, 0.25) is 0 Å². The molecule has 1 N–H and O–H groups in total. The van der Waals surface area contributed by atoms with Gasteiger partial charge < -0.3 is 5.11 Å². The molecule has 6 heteroatoms. The van der Waals surface area contributed by atoms with E-state index >= 15 is 0 Å². The van der Waals surface area contributed by atoms with Crippen molar-refractivity contribution in [3.05, 3.63) is 82.2 Å². The smallest absolute Gasteiger partial charge is 0.261 e. The second-order valence-corrected chi connectivity index (χ2v) is 8.19. The van der Waals surface area contributed by atoms with E-state index in [2.05, 4.69) is 9.97 Å². The van der Waals surface area contributed by atoms with Gasteiger partial charge in [0.1, 0.15) is 11.8 Å². The highest BCUT2D eigenvalue weighted by molar-refractivity contribution is 6.06. The maximum Gasteiger partial charge on any atom is 0.261 e. The average molecular weight is 410 g/mol. The number of nitriles is 1. The van der Waals surface area contributed by atoms with E-state index in [1.54, 1.807) is 23.2 Å². The van der Waals surface area contributed by atoms with E-state index in [-0.39, 0.29) is 11.6 Å². The fourth-order valence-corrected chi connectivity index (χ4v) is 4.66. The summed E-state index contributed by atoms with van der Waals surface area (Å²) in [5.74, 6) is 0. The molecule has 2 aromatic heterocycles. The molecule has 154 valence electrons. The van der Waals surface area contributed by atoms with E-state index in [1.165, 1.54) is 0 Å². The van der Waals surface area contributed by atoms with Crippen molar-refractivity contribution in [2.75, 3.05) is 0 Å². The number of benzene rings is 2. The predicted octanol–water partition coefficient (Wildman–Crippen LogP) is 3.88. The minimum Gasteiger partial charge on any atom is -0.391 e. The summed E-state index contributed by atoms with van der Waals surface area (Å²) in [5, 5.41) is 22.0. The molecule has 1 saturated carbocycles. The van der Waals surface area contributed by atoms with Crippen LogP contribution in [-0.4, -0.2) is 25.7 Å². The molecule has 2 aromatic carbocycles. The van der Waals surface area contributed by atoms with Crippen LogP contribution in [0.1, 0.15) is 48.5 Å². The highest BCUT2D eigenvalue weighted by Gasteiger charge is 2.26. The summed E-state index contributed by atoms with van der Waals surface area (Å²) in [4.78, 5) is 22.3. The van der Waals surface area contributed by atoms with Gasteiger partial charge in [-0.25, -0.2) is 9.97 Å². The number of rotatable bonds is 3. The molecule has 0 amide bonds. The normalized spacial score (nSPS) is 18.8. The Labute approximate surface area is 179 Å². The van der Waals surface area contributed by atoms with Crippen LogP contribution in [0.4, 0.5) is 0 Å². The van der Waals surface area contributed by atoms with Gasteiger partial charge >= 0.3 is 0 Å². The average Bonchev–Trinajstić information content (AvgIpc) is 2.81. The summed E-state index contributed by atoms with van der Waals surface area (Å²) in [7, 11) is 0. The topological polar surface area (TPSA) is 91.8 Å². The monoisotopic (exact) mass is 410 g/mol. The summed E-state index contributed by atoms with van der Waals surface area (Å²) in [6, 6.07) is 15.3. The Morgan fingerprint density at radius 2 is 1.87 bits per heavy atom. The molecule has 0 spiro atoms. The Morgan fingerprint density at radius 1 is 1.06 bits per heavy atom. The van der Waals surface area contributed by atoms with Crippen LogP contribution < -0.4 is 5.56 Å². The first-order valence-electron chi connectivity index (χ1n) is 10.6. The molecule has 2 atom stereocenters. The lowest BCUT2D eigenvalue weighted by molar-refractivity contribution is 0.0735. The molecule has 0 saturated heterocycles. The third kappa shape index (κ3) is 3.47.